The van der Waals surface area contributed by atoms with Crippen molar-refractivity contribution < 1.29 is 9.53 Å². The third kappa shape index (κ3) is 4.54. The summed E-state index contributed by atoms with van der Waals surface area (Å²) >= 11 is 4.57. The Kier molecular flexibility index (Phi) is 6.93. The number of carbonyl (C=O) groups is 1. The van der Waals surface area contributed by atoms with Gasteiger partial charge in [0.15, 0.2) is 4.80 Å². The second-order valence-corrected chi connectivity index (χ2v) is 12.9. The molecule has 3 aromatic carbocycles. The Balaban J connectivity index is 1.40. The number of esters is 1. The third-order valence-electron chi connectivity index (χ3n) is 7.28. The summed E-state index contributed by atoms with van der Waals surface area (Å²) in [6.07, 6.45) is 1.92. The van der Waals surface area contributed by atoms with Crippen molar-refractivity contribution in [3.8, 4) is 0 Å². The quantitative estimate of drug-likeness (QED) is 0.222. The van der Waals surface area contributed by atoms with E-state index in [9.17, 15) is 9.59 Å². The highest BCUT2D eigenvalue weighted by molar-refractivity contribution is 7.99. The summed E-state index contributed by atoms with van der Waals surface area (Å²) in [5.74, 6) is -0.469. The van der Waals surface area contributed by atoms with Gasteiger partial charge < -0.3 is 9.64 Å². The molecule has 0 unspecified atom stereocenters. The lowest BCUT2D eigenvalue weighted by Gasteiger charge is -2.29. The molecule has 0 bridgehead atoms. The van der Waals surface area contributed by atoms with Crippen LogP contribution in [0.5, 0.6) is 0 Å². The Labute approximate surface area is 254 Å². The molecule has 4 heterocycles. The fourth-order valence-electron chi connectivity index (χ4n) is 5.36. The number of rotatable bonds is 5. The number of carbonyl (C=O) groups excluding carboxylic acids is 1. The molecule has 0 radical (unpaired) electrons. The van der Waals surface area contributed by atoms with E-state index >= 15 is 0 Å². The van der Waals surface area contributed by atoms with E-state index in [1.807, 2.05) is 66.1 Å². The highest BCUT2D eigenvalue weighted by atomic mass is 32.2. The number of anilines is 2. The minimum atomic E-state index is -0.637. The topological polar surface area (TPSA) is 63.9 Å². The first kappa shape index (κ1) is 26.7. The lowest BCUT2D eigenvalue weighted by molar-refractivity contribution is -0.138. The summed E-state index contributed by atoms with van der Waals surface area (Å²) in [4.78, 5) is 38.5. The normalized spacial score (nSPS) is 16.0. The molecule has 208 valence electrons. The number of ether oxygens (including phenoxy) is 1. The van der Waals surface area contributed by atoms with Crippen molar-refractivity contribution >= 4 is 63.6 Å². The van der Waals surface area contributed by atoms with Crippen LogP contribution in [0.4, 0.5) is 11.4 Å². The zero-order chi connectivity index (χ0) is 28.8. The second-order valence-electron chi connectivity index (χ2n) is 9.80. The average molecular weight is 608 g/mol. The van der Waals surface area contributed by atoms with Crippen LogP contribution in [0.2, 0.25) is 0 Å². The minimum absolute atomic E-state index is 0.182. The predicted octanol–water partition coefficient (Wildman–Crippen LogP) is 6.23. The molecule has 0 saturated heterocycles. The molecule has 9 heteroatoms. The van der Waals surface area contributed by atoms with Crippen LogP contribution in [-0.4, -0.2) is 24.2 Å². The summed E-state index contributed by atoms with van der Waals surface area (Å²) < 4.78 is 7.74. The third-order valence-corrected chi connectivity index (χ3v) is 10.3. The maximum absolute atomic E-state index is 14.1. The number of hydrogen-bond donors (Lipinski definition) is 0. The van der Waals surface area contributed by atoms with Crippen LogP contribution in [0.1, 0.15) is 29.0 Å². The van der Waals surface area contributed by atoms with Crippen LogP contribution in [-0.2, 0) is 9.53 Å². The number of nitrogens with zero attached hydrogens (tertiary/aromatic N) is 3. The van der Waals surface area contributed by atoms with Gasteiger partial charge in [0.05, 0.1) is 33.8 Å². The van der Waals surface area contributed by atoms with Gasteiger partial charge in [0.2, 0.25) is 0 Å². The Hall–Kier alpha value is -4.18. The fraction of sp³-hybridized carbons (Fsp3) is 0.121. The first-order valence-corrected chi connectivity index (χ1v) is 16.0. The van der Waals surface area contributed by atoms with Crippen LogP contribution < -0.4 is 19.8 Å². The molecule has 0 fully saturated rings. The van der Waals surface area contributed by atoms with E-state index in [0.717, 1.165) is 26.6 Å². The summed E-state index contributed by atoms with van der Waals surface area (Å²) in [5.41, 5.74) is 4.76. The Bertz CT molecular complexity index is 2040. The van der Waals surface area contributed by atoms with Crippen molar-refractivity contribution in [3.05, 3.63) is 132 Å². The summed E-state index contributed by atoms with van der Waals surface area (Å²) in [6, 6.07) is 27.5. The lowest BCUT2D eigenvalue weighted by atomic mass is 9.97. The van der Waals surface area contributed by atoms with Gasteiger partial charge in [0, 0.05) is 27.3 Å². The number of benzene rings is 3. The van der Waals surface area contributed by atoms with Crippen LogP contribution in [0.25, 0.3) is 11.8 Å². The smallest absolute Gasteiger partial charge is 0.338 e. The molecule has 0 aliphatic carbocycles. The van der Waals surface area contributed by atoms with E-state index in [0.29, 0.717) is 20.6 Å². The van der Waals surface area contributed by atoms with Crippen LogP contribution in [0.15, 0.2) is 115 Å². The number of para-hydroxylation sites is 1. The van der Waals surface area contributed by atoms with Gasteiger partial charge in [0.1, 0.15) is 6.04 Å². The van der Waals surface area contributed by atoms with Crippen molar-refractivity contribution in [2.75, 3.05) is 18.6 Å². The van der Waals surface area contributed by atoms with Gasteiger partial charge in [-0.1, -0.05) is 77.7 Å². The van der Waals surface area contributed by atoms with E-state index in [1.165, 1.54) is 33.3 Å². The molecule has 6 nitrogen and oxygen atoms in total. The molecule has 1 atom stereocenters. The number of aromatic nitrogens is 1. The number of hydrogen-bond acceptors (Lipinski definition) is 8. The van der Waals surface area contributed by atoms with Crippen molar-refractivity contribution in [2.45, 2.75) is 22.8 Å². The van der Waals surface area contributed by atoms with Gasteiger partial charge in [-0.3, -0.25) is 9.36 Å². The molecule has 0 amide bonds. The SMILES string of the molecule is CCOC(=O)C1=C(c2ccccc2)N=c2s/c(=C/c3ccc4c(c3)Sc3ccccc3N4C)c(=O)n2[C@@H]1c1cccs1. The van der Waals surface area contributed by atoms with Gasteiger partial charge >= 0.3 is 5.97 Å². The largest absolute Gasteiger partial charge is 0.463 e. The number of fused-ring (bicyclic) bond motifs is 3. The molecular weight excluding hydrogens is 583 g/mol. The molecule has 2 aliphatic rings. The molecule has 7 rings (SSSR count). The molecule has 42 heavy (non-hydrogen) atoms. The molecular formula is C33H25N3O3S3. The minimum Gasteiger partial charge on any atom is -0.463 e. The Morgan fingerprint density at radius 3 is 2.55 bits per heavy atom. The zero-order valence-corrected chi connectivity index (χ0v) is 25.3. The summed E-state index contributed by atoms with van der Waals surface area (Å²) in [5, 5.41) is 1.95. The van der Waals surface area contributed by atoms with Crippen molar-refractivity contribution in [1.29, 1.82) is 0 Å². The van der Waals surface area contributed by atoms with Gasteiger partial charge in [-0.2, -0.15) is 0 Å². The van der Waals surface area contributed by atoms with Gasteiger partial charge in [0.25, 0.3) is 5.56 Å². The first-order chi connectivity index (χ1) is 20.5. The lowest BCUT2D eigenvalue weighted by Crippen LogP contribution is -2.39. The molecule has 2 aliphatic heterocycles. The predicted molar refractivity (Wildman–Crippen MR) is 170 cm³/mol. The standard InChI is InChI=1S/C33H25N3O3S3/c1-3-39-32(38)28-29(21-10-5-4-6-11-21)34-33-36(30(28)25-14-9-17-40-25)31(37)27(42-33)19-20-15-16-23-26(18-20)41-24-13-8-7-12-22(24)35(23)2/h4-19,30H,3H2,1-2H3/b27-19+/t30-/m1/s1. The Morgan fingerprint density at radius 2 is 1.76 bits per heavy atom. The number of thiophene rings is 1. The summed E-state index contributed by atoms with van der Waals surface area (Å²) in [7, 11) is 2.07. The maximum atomic E-state index is 14.1. The number of thiazole rings is 1. The van der Waals surface area contributed by atoms with Crippen LogP contribution in [0, 0.1) is 0 Å². The highest BCUT2D eigenvalue weighted by Crippen LogP contribution is 2.47. The van der Waals surface area contributed by atoms with Crippen molar-refractivity contribution in [3.63, 3.8) is 0 Å². The monoisotopic (exact) mass is 607 g/mol. The molecule has 2 aromatic heterocycles. The molecule has 0 N–H and O–H groups in total. The van der Waals surface area contributed by atoms with Crippen molar-refractivity contribution in [1.82, 2.24) is 4.57 Å². The molecule has 0 saturated carbocycles. The van der Waals surface area contributed by atoms with E-state index in [-0.39, 0.29) is 12.2 Å². The van der Waals surface area contributed by atoms with Crippen molar-refractivity contribution in [2.24, 2.45) is 4.99 Å². The zero-order valence-electron chi connectivity index (χ0n) is 22.8. The Morgan fingerprint density at radius 1 is 0.976 bits per heavy atom. The van der Waals surface area contributed by atoms with E-state index in [1.54, 1.807) is 23.3 Å². The van der Waals surface area contributed by atoms with E-state index in [2.05, 4.69) is 42.3 Å². The fourth-order valence-corrected chi connectivity index (χ4v) is 8.38. The summed E-state index contributed by atoms with van der Waals surface area (Å²) in [6.45, 7) is 2.01. The van der Waals surface area contributed by atoms with Crippen LogP contribution in [0.3, 0.4) is 0 Å². The maximum Gasteiger partial charge on any atom is 0.338 e. The highest BCUT2D eigenvalue weighted by Gasteiger charge is 2.35. The van der Waals surface area contributed by atoms with E-state index in [4.69, 9.17) is 9.73 Å². The van der Waals surface area contributed by atoms with Gasteiger partial charge in [-0.15, -0.1) is 11.3 Å². The second kappa shape index (κ2) is 10.9. The van der Waals surface area contributed by atoms with E-state index < -0.39 is 12.0 Å². The van der Waals surface area contributed by atoms with Gasteiger partial charge in [-0.05, 0) is 54.3 Å². The first-order valence-electron chi connectivity index (χ1n) is 13.5. The molecule has 5 aromatic rings. The molecule has 0 spiro atoms. The van der Waals surface area contributed by atoms with Gasteiger partial charge in [-0.25, -0.2) is 9.79 Å². The average Bonchev–Trinajstić information content (AvgIpc) is 3.65. The van der Waals surface area contributed by atoms with Crippen LogP contribution >= 0.6 is 34.4 Å².